The van der Waals surface area contributed by atoms with Crippen molar-refractivity contribution in [3.63, 3.8) is 0 Å². The summed E-state index contributed by atoms with van der Waals surface area (Å²) in [7, 11) is 0. The van der Waals surface area contributed by atoms with Crippen LogP contribution in [0, 0.1) is 22.5 Å². The van der Waals surface area contributed by atoms with Gasteiger partial charge in [-0.3, -0.25) is 14.9 Å². The molecule has 0 atom stereocenters. The third-order valence-corrected chi connectivity index (χ3v) is 2.75. The van der Waals surface area contributed by atoms with Crippen LogP contribution in [0.5, 0.6) is 0 Å². The van der Waals surface area contributed by atoms with Gasteiger partial charge in [-0.2, -0.15) is 4.98 Å². The molecule has 0 fully saturated rings. The lowest BCUT2D eigenvalue weighted by Crippen LogP contribution is -2.37. The van der Waals surface area contributed by atoms with Crippen LogP contribution in [0.4, 0.5) is 11.5 Å². The van der Waals surface area contributed by atoms with Crippen LogP contribution in [0.15, 0.2) is 0 Å². The second-order valence-corrected chi connectivity index (χ2v) is 4.97. The summed E-state index contributed by atoms with van der Waals surface area (Å²) in [6.07, 6.45) is 0. The fraction of sp³-hybridized carbons (Fsp3) is 0.500. The lowest BCUT2D eigenvalue weighted by Gasteiger charge is -2.21. The van der Waals surface area contributed by atoms with E-state index in [1.54, 1.807) is 13.8 Å². The Morgan fingerprint density at radius 2 is 2.11 bits per heavy atom. The number of carbonyl (C=O) groups is 1. The Morgan fingerprint density at radius 3 is 2.58 bits per heavy atom. The van der Waals surface area contributed by atoms with E-state index in [2.05, 4.69) is 15.3 Å². The molecular weight excluding hydrogens is 274 g/mol. The van der Waals surface area contributed by atoms with E-state index >= 15 is 0 Å². The van der Waals surface area contributed by atoms with Crippen molar-refractivity contribution >= 4 is 29.0 Å². The number of hydrogen-bond acceptors (Lipinski definition) is 6. The van der Waals surface area contributed by atoms with Gasteiger partial charge in [0.1, 0.15) is 5.69 Å². The average molecular weight is 288 g/mol. The van der Waals surface area contributed by atoms with Gasteiger partial charge in [0.2, 0.25) is 17.0 Å². The second kappa shape index (κ2) is 5.35. The molecule has 1 aromatic rings. The normalized spacial score (nSPS) is 11.2. The highest BCUT2D eigenvalue weighted by Gasteiger charge is 2.28. The average Bonchev–Trinajstić information content (AvgIpc) is 2.24. The smallest absolute Gasteiger partial charge is 0.332 e. The van der Waals surface area contributed by atoms with Crippen LogP contribution in [0.1, 0.15) is 19.5 Å². The van der Waals surface area contributed by atoms with Crippen molar-refractivity contribution in [2.45, 2.75) is 20.8 Å². The molecule has 8 nitrogen and oxygen atoms in total. The number of hydrogen-bond donors (Lipinski definition) is 2. The molecule has 9 heteroatoms. The Balaban J connectivity index is 3.07. The fourth-order valence-corrected chi connectivity index (χ4v) is 1.48. The number of anilines is 1. The summed E-state index contributed by atoms with van der Waals surface area (Å²) in [5.74, 6) is -0.559. The Bertz CT molecular complexity index is 532. The Morgan fingerprint density at radius 1 is 1.53 bits per heavy atom. The van der Waals surface area contributed by atoms with E-state index in [1.165, 1.54) is 6.92 Å². The Hall–Kier alpha value is -1.96. The summed E-state index contributed by atoms with van der Waals surface area (Å²) in [4.78, 5) is 29.0. The van der Waals surface area contributed by atoms with Crippen molar-refractivity contribution in [3.8, 4) is 0 Å². The molecule has 0 aliphatic rings. The van der Waals surface area contributed by atoms with Crippen LogP contribution >= 0.6 is 11.6 Å². The summed E-state index contributed by atoms with van der Waals surface area (Å²) in [6.45, 7) is 4.78. The molecule has 1 rings (SSSR count). The highest BCUT2D eigenvalue weighted by Crippen LogP contribution is 2.27. The second-order valence-electron chi connectivity index (χ2n) is 4.63. The first-order valence-corrected chi connectivity index (χ1v) is 5.75. The highest BCUT2D eigenvalue weighted by atomic mass is 35.5. The number of carbonyl (C=O) groups excluding carboxylic acids is 1. The number of amides is 1. The first kappa shape index (κ1) is 15.1. The van der Waals surface area contributed by atoms with Gasteiger partial charge < -0.3 is 11.1 Å². The molecule has 0 saturated carbocycles. The maximum Gasteiger partial charge on any atom is 0.332 e. The number of primary amides is 1. The summed E-state index contributed by atoms with van der Waals surface area (Å²) >= 11 is 5.66. The van der Waals surface area contributed by atoms with Gasteiger partial charge in [-0.15, -0.1) is 0 Å². The molecule has 1 heterocycles. The van der Waals surface area contributed by atoms with Crippen LogP contribution in [0.3, 0.4) is 0 Å². The highest BCUT2D eigenvalue weighted by molar-refractivity contribution is 6.28. The minimum absolute atomic E-state index is 0.0307. The number of nitrogens with zero attached hydrogens (tertiary/aromatic N) is 3. The number of nitro groups is 1. The summed E-state index contributed by atoms with van der Waals surface area (Å²) in [5.41, 5.74) is 4.21. The predicted octanol–water partition coefficient (Wildman–Crippen LogP) is 1.27. The van der Waals surface area contributed by atoms with Gasteiger partial charge in [0.25, 0.3) is 0 Å². The minimum atomic E-state index is -0.876. The van der Waals surface area contributed by atoms with Gasteiger partial charge in [-0.1, -0.05) is 0 Å². The summed E-state index contributed by atoms with van der Waals surface area (Å²) < 4.78 is 0. The molecule has 0 spiro atoms. The van der Waals surface area contributed by atoms with Crippen molar-refractivity contribution in [2.75, 3.05) is 11.9 Å². The van der Waals surface area contributed by atoms with Crippen molar-refractivity contribution in [2.24, 2.45) is 11.1 Å². The number of nitrogens with one attached hydrogen (secondary N) is 1. The third kappa shape index (κ3) is 3.50. The molecule has 19 heavy (non-hydrogen) atoms. The molecule has 3 N–H and O–H groups in total. The molecule has 1 aromatic heterocycles. The topological polar surface area (TPSA) is 124 Å². The van der Waals surface area contributed by atoms with Crippen molar-refractivity contribution in [1.82, 2.24) is 9.97 Å². The quantitative estimate of drug-likeness (QED) is 0.477. The summed E-state index contributed by atoms with van der Waals surface area (Å²) in [6, 6.07) is 0. The Labute approximate surface area is 114 Å². The van der Waals surface area contributed by atoms with Gasteiger partial charge in [-0.25, -0.2) is 4.98 Å². The zero-order valence-electron chi connectivity index (χ0n) is 10.7. The molecule has 0 unspecified atom stereocenters. The maximum absolute atomic E-state index is 11.2. The SMILES string of the molecule is Cc1nc(Cl)nc(NCC(C)(C)C(N)=O)c1[N+](=O)[O-]. The molecule has 0 radical (unpaired) electrons. The van der Waals surface area contributed by atoms with E-state index in [-0.39, 0.29) is 29.0 Å². The first-order chi connectivity index (χ1) is 8.65. The maximum atomic E-state index is 11.2. The molecule has 104 valence electrons. The van der Waals surface area contributed by atoms with Gasteiger partial charge in [-0.05, 0) is 32.4 Å². The minimum Gasteiger partial charge on any atom is -0.369 e. The lowest BCUT2D eigenvalue weighted by molar-refractivity contribution is -0.385. The number of aryl methyl sites for hydroxylation is 1. The van der Waals surface area contributed by atoms with Crippen LogP contribution < -0.4 is 11.1 Å². The number of aromatic nitrogens is 2. The lowest BCUT2D eigenvalue weighted by atomic mass is 9.93. The molecular formula is C10H14ClN5O3. The molecule has 0 aliphatic carbocycles. The molecule has 0 saturated heterocycles. The van der Waals surface area contributed by atoms with Crippen molar-refractivity contribution in [1.29, 1.82) is 0 Å². The zero-order chi connectivity index (χ0) is 14.8. The monoisotopic (exact) mass is 287 g/mol. The summed E-state index contributed by atoms with van der Waals surface area (Å²) in [5, 5.41) is 13.6. The number of rotatable bonds is 5. The van der Waals surface area contributed by atoms with E-state index < -0.39 is 16.2 Å². The van der Waals surface area contributed by atoms with Gasteiger partial charge >= 0.3 is 5.69 Å². The standard InChI is InChI=1S/C10H14ClN5O3/c1-5-6(16(18)19)7(15-9(11)14-5)13-4-10(2,3)8(12)17/h4H2,1-3H3,(H2,12,17)(H,13,14,15). The molecule has 0 aliphatic heterocycles. The van der Waals surface area contributed by atoms with E-state index in [1.807, 2.05) is 0 Å². The third-order valence-electron chi connectivity index (χ3n) is 2.58. The Kier molecular flexibility index (Phi) is 4.25. The predicted molar refractivity (Wildman–Crippen MR) is 69.9 cm³/mol. The molecule has 0 bridgehead atoms. The largest absolute Gasteiger partial charge is 0.369 e. The first-order valence-electron chi connectivity index (χ1n) is 5.37. The van der Waals surface area contributed by atoms with Crippen LogP contribution in [-0.4, -0.2) is 27.3 Å². The number of halogens is 1. The van der Waals surface area contributed by atoms with E-state index in [9.17, 15) is 14.9 Å². The van der Waals surface area contributed by atoms with Crippen molar-refractivity contribution < 1.29 is 9.72 Å². The van der Waals surface area contributed by atoms with Crippen LogP contribution in [-0.2, 0) is 4.79 Å². The molecule has 1 amide bonds. The van der Waals surface area contributed by atoms with E-state index in [0.29, 0.717) is 0 Å². The van der Waals surface area contributed by atoms with E-state index in [4.69, 9.17) is 17.3 Å². The van der Waals surface area contributed by atoms with Gasteiger partial charge in [0.05, 0.1) is 10.3 Å². The fourth-order valence-electron chi connectivity index (χ4n) is 1.27. The van der Waals surface area contributed by atoms with Gasteiger partial charge in [0.15, 0.2) is 0 Å². The molecule has 0 aromatic carbocycles. The zero-order valence-corrected chi connectivity index (χ0v) is 11.5. The van der Waals surface area contributed by atoms with E-state index in [0.717, 1.165) is 0 Å². The van der Waals surface area contributed by atoms with Crippen molar-refractivity contribution in [3.05, 3.63) is 21.1 Å². The number of nitrogens with two attached hydrogens (primary N) is 1. The van der Waals surface area contributed by atoms with Gasteiger partial charge in [0, 0.05) is 6.54 Å². The van der Waals surface area contributed by atoms with Crippen LogP contribution in [0.2, 0.25) is 5.28 Å². The van der Waals surface area contributed by atoms with Crippen LogP contribution in [0.25, 0.3) is 0 Å².